The van der Waals surface area contributed by atoms with Gasteiger partial charge in [-0.1, -0.05) is 6.92 Å². The summed E-state index contributed by atoms with van der Waals surface area (Å²) in [6.07, 6.45) is 3.47. The Hall–Kier alpha value is -0.140. The van der Waals surface area contributed by atoms with Gasteiger partial charge in [0.25, 0.3) is 0 Å². The van der Waals surface area contributed by atoms with Gasteiger partial charge in [0.1, 0.15) is 9.84 Å². The van der Waals surface area contributed by atoms with Gasteiger partial charge >= 0.3 is 0 Å². The first-order chi connectivity index (χ1) is 8.16. The first-order valence-electron chi connectivity index (χ1n) is 6.28. The summed E-state index contributed by atoms with van der Waals surface area (Å²) < 4.78 is 45.0. The van der Waals surface area contributed by atoms with Gasteiger partial charge < -0.3 is 5.32 Å². The van der Waals surface area contributed by atoms with Crippen molar-refractivity contribution in [2.45, 2.75) is 39.2 Å². The molecular weight excluding hydrogens is 274 g/mol. The summed E-state index contributed by atoms with van der Waals surface area (Å²) in [5.74, 6) is -0.470. The van der Waals surface area contributed by atoms with Gasteiger partial charge in [-0.2, -0.15) is 0 Å². The highest BCUT2D eigenvalue weighted by atomic mass is 32.2. The van der Waals surface area contributed by atoms with E-state index in [1.807, 2.05) is 6.92 Å². The molecule has 0 rings (SSSR count). The fraction of sp³-hybridized carbons (Fsp3) is 1.00. The SMILES string of the molecule is CCCNC(C)CCCS(=O)(=O)CCS(C)(=O)=O. The van der Waals surface area contributed by atoms with E-state index in [0.29, 0.717) is 12.5 Å². The predicted molar refractivity (Wildman–Crippen MR) is 75.4 cm³/mol. The van der Waals surface area contributed by atoms with Crippen LogP contribution in [0.25, 0.3) is 0 Å². The maximum Gasteiger partial charge on any atom is 0.151 e. The molecule has 7 heteroatoms. The molecule has 0 amide bonds. The molecule has 0 aromatic rings. The van der Waals surface area contributed by atoms with E-state index in [9.17, 15) is 16.8 Å². The van der Waals surface area contributed by atoms with E-state index < -0.39 is 19.7 Å². The second-order valence-corrected chi connectivity index (χ2v) is 9.34. The van der Waals surface area contributed by atoms with Crippen LogP contribution < -0.4 is 5.32 Å². The largest absolute Gasteiger partial charge is 0.314 e. The van der Waals surface area contributed by atoms with Crippen LogP contribution in [0, 0.1) is 0 Å². The van der Waals surface area contributed by atoms with Gasteiger partial charge in [0, 0.05) is 12.3 Å². The monoisotopic (exact) mass is 299 g/mol. The summed E-state index contributed by atoms with van der Waals surface area (Å²) in [5, 5.41) is 3.28. The molecule has 1 N–H and O–H groups in total. The fourth-order valence-electron chi connectivity index (χ4n) is 1.48. The zero-order valence-electron chi connectivity index (χ0n) is 11.5. The Balaban J connectivity index is 3.91. The van der Waals surface area contributed by atoms with Crippen LogP contribution in [0.1, 0.15) is 33.1 Å². The molecule has 0 heterocycles. The molecular formula is C11H25NO4S2. The van der Waals surface area contributed by atoms with Gasteiger partial charge in [0.2, 0.25) is 0 Å². The standard InChI is InChI=1S/C11H25NO4S2/c1-4-7-12-11(2)6-5-8-18(15,16)10-9-17(3,13)14/h11-12H,4-10H2,1-3H3. The number of rotatable bonds is 10. The summed E-state index contributed by atoms with van der Waals surface area (Å²) in [4.78, 5) is 0. The normalized spacial score (nSPS) is 14.6. The number of hydrogen-bond donors (Lipinski definition) is 1. The quantitative estimate of drug-likeness (QED) is 0.639. The lowest BCUT2D eigenvalue weighted by Crippen LogP contribution is -2.27. The average Bonchev–Trinajstić information content (AvgIpc) is 2.23. The van der Waals surface area contributed by atoms with Gasteiger partial charge in [0.15, 0.2) is 9.84 Å². The highest BCUT2D eigenvalue weighted by Gasteiger charge is 2.14. The van der Waals surface area contributed by atoms with Crippen molar-refractivity contribution in [3.63, 3.8) is 0 Å². The molecule has 1 atom stereocenters. The van der Waals surface area contributed by atoms with Crippen LogP contribution in [0.15, 0.2) is 0 Å². The molecule has 0 aliphatic rings. The third kappa shape index (κ3) is 11.0. The third-order valence-electron chi connectivity index (χ3n) is 2.60. The van der Waals surface area contributed by atoms with Crippen LogP contribution in [0.5, 0.6) is 0 Å². The number of sulfone groups is 2. The zero-order chi connectivity index (χ0) is 14.2. The highest BCUT2D eigenvalue weighted by molar-refractivity contribution is 7.94. The molecule has 0 fully saturated rings. The minimum atomic E-state index is -3.24. The minimum Gasteiger partial charge on any atom is -0.314 e. The summed E-state index contributed by atoms with van der Waals surface area (Å²) in [7, 11) is -6.44. The maximum atomic E-state index is 11.6. The van der Waals surface area contributed by atoms with Crippen LogP contribution in [-0.2, 0) is 19.7 Å². The Labute approximate surface area is 111 Å². The molecule has 0 bridgehead atoms. The first-order valence-corrected chi connectivity index (χ1v) is 10.2. The molecule has 0 radical (unpaired) electrons. The Morgan fingerprint density at radius 3 is 2.17 bits per heavy atom. The minimum absolute atomic E-state index is 0.0701. The van der Waals surface area contributed by atoms with Crippen LogP contribution >= 0.6 is 0 Å². The zero-order valence-corrected chi connectivity index (χ0v) is 13.1. The van der Waals surface area contributed by atoms with E-state index in [1.165, 1.54) is 0 Å². The average molecular weight is 299 g/mol. The van der Waals surface area contributed by atoms with Crippen molar-refractivity contribution in [3.05, 3.63) is 0 Å². The van der Waals surface area contributed by atoms with Gasteiger partial charge in [0.05, 0.1) is 17.3 Å². The predicted octanol–water partition coefficient (Wildman–Crippen LogP) is 0.614. The van der Waals surface area contributed by atoms with E-state index in [0.717, 1.165) is 25.6 Å². The Morgan fingerprint density at radius 1 is 1.06 bits per heavy atom. The molecule has 5 nitrogen and oxygen atoms in total. The summed E-state index contributed by atoms with van der Waals surface area (Å²) >= 11 is 0. The molecule has 0 aliphatic carbocycles. The molecule has 110 valence electrons. The number of hydrogen-bond acceptors (Lipinski definition) is 5. The molecule has 0 aliphatic heterocycles. The lowest BCUT2D eigenvalue weighted by atomic mass is 10.2. The lowest BCUT2D eigenvalue weighted by molar-refractivity contribution is 0.506. The lowest BCUT2D eigenvalue weighted by Gasteiger charge is -2.12. The van der Waals surface area contributed by atoms with E-state index in [-0.39, 0.29) is 17.3 Å². The van der Waals surface area contributed by atoms with Crippen LogP contribution in [-0.4, -0.2) is 52.9 Å². The molecule has 1 unspecified atom stereocenters. The number of nitrogens with one attached hydrogen (secondary N) is 1. The van der Waals surface area contributed by atoms with Gasteiger partial charge in [-0.05, 0) is 32.7 Å². The van der Waals surface area contributed by atoms with Crippen LogP contribution in [0.3, 0.4) is 0 Å². The van der Waals surface area contributed by atoms with Crippen LogP contribution in [0.4, 0.5) is 0 Å². The Bertz CT molecular complexity index is 414. The summed E-state index contributed by atoms with van der Waals surface area (Å²) in [6.45, 7) is 5.04. The van der Waals surface area contributed by atoms with Gasteiger partial charge in [-0.3, -0.25) is 0 Å². The third-order valence-corrected chi connectivity index (χ3v) is 5.54. The van der Waals surface area contributed by atoms with E-state index >= 15 is 0 Å². The first kappa shape index (κ1) is 17.9. The molecule has 0 aromatic heterocycles. The topological polar surface area (TPSA) is 80.3 Å². The van der Waals surface area contributed by atoms with Crippen molar-refractivity contribution in [2.75, 3.05) is 30.1 Å². The summed E-state index contributed by atoms with van der Waals surface area (Å²) in [5.41, 5.74) is 0. The van der Waals surface area contributed by atoms with Crippen molar-refractivity contribution in [1.29, 1.82) is 0 Å². The van der Waals surface area contributed by atoms with Gasteiger partial charge in [-0.25, -0.2) is 16.8 Å². The van der Waals surface area contributed by atoms with Gasteiger partial charge in [-0.15, -0.1) is 0 Å². The second kappa shape index (κ2) is 8.12. The smallest absolute Gasteiger partial charge is 0.151 e. The second-order valence-electron chi connectivity index (χ2n) is 4.78. The van der Waals surface area contributed by atoms with Crippen molar-refractivity contribution >= 4 is 19.7 Å². The molecule has 0 saturated carbocycles. The van der Waals surface area contributed by atoms with Crippen molar-refractivity contribution in [2.24, 2.45) is 0 Å². The van der Waals surface area contributed by atoms with E-state index in [1.54, 1.807) is 0 Å². The molecule has 0 saturated heterocycles. The Kier molecular flexibility index (Phi) is 8.05. The Morgan fingerprint density at radius 2 is 1.67 bits per heavy atom. The van der Waals surface area contributed by atoms with Crippen LogP contribution in [0.2, 0.25) is 0 Å². The maximum absolute atomic E-state index is 11.6. The van der Waals surface area contributed by atoms with E-state index in [4.69, 9.17) is 0 Å². The highest BCUT2D eigenvalue weighted by Crippen LogP contribution is 2.02. The van der Waals surface area contributed by atoms with Crippen molar-refractivity contribution in [1.82, 2.24) is 5.32 Å². The molecule has 0 aromatic carbocycles. The summed E-state index contributed by atoms with van der Waals surface area (Å²) in [6, 6.07) is 0.301. The molecule has 0 spiro atoms. The van der Waals surface area contributed by atoms with E-state index in [2.05, 4.69) is 12.2 Å². The van der Waals surface area contributed by atoms with Crippen molar-refractivity contribution < 1.29 is 16.8 Å². The fourth-order valence-corrected chi connectivity index (χ4v) is 4.52. The molecule has 18 heavy (non-hydrogen) atoms. The van der Waals surface area contributed by atoms with Crippen molar-refractivity contribution in [3.8, 4) is 0 Å².